The fourth-order valence-electron chi connectivity index (χ4n) is 1.99. The number of hydrogen-bond donors (Lipinski definition) is 0. The normalized spacial score (nSPS) is 10.2. The summed E-state index contributed by atoms with van der Waals surface area (Å²) in [6.07, 6.45) is 0. The monoisotopic (exact) mass is 256 g/mol. The maximum absolute atomic E-state index is 10.8. The van der Waals surface area contributed by atoms with Crippen LogP contribution in [0.15, 0.2) is 54.6 Å². The molecule has 0 amide bonds. The van der Waals surface area contributed by atoms with Gasteiger partial charge >= 0.3 is 0 Å². The van der Waals surface area contributed by atoms with E-state index in [4.69, 9.17) is 0 Å². The minimum Gasteiger partial charge on any atom is -0.367 e. The van der Waals surface area contributed by atoms with E-state index in [1.165, 1.54) is 11.6 Å². The molecule has 0 fully saturated rings. The molecule has 2 aromatic carbocycles. The van der Waals surface area contributed by atoms with Crippen molar-refractivity contribution in [1.82, 2.24) is 0 Å². The Morgan fingerprint density at radius 3 is 2.47 bits per heavy atom. The number of anilines is 1. The largest absolute Gasteiger partial charge is 0.367 e. The van der Waals surface area contributed by atoms with E-state index in [1.807, 2.05) is 31.2 Å². The van der Waals surface area contributed by atoms with Gasteiger partial charge in [-0.05, 0) is 18.6 Å². The molecule has 4 heteroatoms. The van der Waals surface area contributed by atoms with E-state index in [0.717, 1.165) is 18.8 Å². The Morgan fingerprint density at radius 2 is 1.84 bits per heavy atom. The molecule has 0 unspecified atom stereocenters. The fraction of sp³-hybridized carbons (Fsp3) is 0.200. The van der Waals surface area contributed by atoms with E-state index < -0.39 is 0 Å². The summed E-state index contributed by atoms with van der Waals surface area (Å²) in [5.74, 6) is 0. The molecule has 0 aliphatic heterocycles. The number of nitro groups is 1. The van der Waals surface area contributed by atoms with Gasteiger partial charge in [-0.1, -0.05) is 36.4 Å². The van der Waals surface area contributed by atoms with E-state index in [9.17, 15) is 10.1 Å². The van der Waals surface area contributed by atoms with Gasteiger partial charge in [0.2, 0.25) is 0 Å². The molecule has 0 aromatic heterocycles. The summed E-state index contributed by atoms with van der Waals surface area (Å²) in [5, 5.41) is 10.8. The Kier molecular flexibility index (Phi) is 4.13. The predicted molar refractivity (Wildman–Crippen MR) is 76.3 cm³/mol. The summed E-state index contributed by atoms with van der Waals surface area (Å²) in [6.45, 7) is 3.59. The smallest absolute Gasteiger partial charge is 0.271 e. The van der Waals surface area contributed by atoms with Crippen molar-refractivity contribution < 1.29 is 4.92 Å². The van der Waals surface area contributed by atoms with Gasteiger partial charge < -0.3 is 4.90 Å². The molecule has 0 N–H and O–H groups in total. The van der Waals surface area contributed by atoms with Gasteiger partial charge in [-0.15, -0.1) is 0 Å². The second kappa shape index (κ2) is 6.00. The van der Waals surface area contributed by atoms with Crippen molar-refractivity contribution in [2.75, 3.05) is 11.4 Å². The van der Waals surface area contributed by atoms with Gasteiger partial charge in [0.05, 0.1) is 4.92 Å². The van der Waals surface area contributed by atoms with Crippen molar-refractivity contribution >= 4 is 11.4 Å². The predicted octanol–water partition coefficient (Wildman–Crippen LogP) is 3.62. The molecule has 0 saturated carbocycles. The second-order valence-corrected chi connectivity index (χ2v) is 4.28. The molecule has 0 saturated heterocycles. The number of nitrogens with zero attached hydrogens (tertiary/aromatic N) is 2. The van der Waals surface area contributed by atoms with Gasteiger partial charge in [0.15, 0.2) is 0 Å². The van der Waals surface area contributed by atoms with Crippen LogP contribution < -0.4 is 4.90 Å². The average molecular weight is 256 g/mol. The molecule has 4 nitrogen and oxygen atoms in total. The lowest BCUT2D eigenvalue weighted by Gasteiger charge is -2.23. The highest BCUT2D eigenvalue weighted by Crippen LogP contribution is 2.22. The number of hydrogen-bond acceptors (Lipinski definition) is 3. The van der Waals surface area contributed by atoms with Crippen molar-refractivity contribution in [3.05, 3.63) is 70.3 Å². The molecule has 19 heavy (non-hydrogen) atoms. The van der Waals surface area contributed by atoms with Crippen molar-refractivity contribution in [2.45, 2.75) is 13.5 Å². The highest BCUT2D eigenvalue weighted by molar-refractivity contribution is 5.53. The number of benzene rings is 2. The summed E-state index contributed by atoms with van der Waals surface area (Å²) in [5.41, 5.74) is 2.19. The SMILES string of the molecule is CCN(Cc1ccccc1)c1cccc([N+](=O)[O-])c1. The molecule has 0 atom stereocenters. The molecule has 0 bridgehead atoms. The summed E-state index contributed by atoms with van der Waals surface area (Å²) in [6, 6.07) is 16.8. The van der Waals surface area contributed by atoms with Crippen LogP contribution in [0.4, 0.5) is 11.4 Å². The van der Waals surface area contributed by atoms with Crippen LogP contribution >= 0.6 is 0 Å². The van der Waals surface area contributed by atoms with E-state index in [2.05, 4.69) is 17.0 Å². The quantitative estimate of drug-likeness (QED) is 0.606. The van der Waals surface area contributed by atoms with Crippen LogP contribution in [0.3, 0.4) is 0 Å². The molecule has 0 aliphatic carbocycles. The van der Waals surface area contributed by atoms with Crippen LogP contribution in [0.2, 0.25) is 0 Å². The van der Waals surface area contributed by atoms with Gasteiger partial charge in [-0.25, -0.2) is 0 Å². The first-order valence-electron chi connectivity index (χ1n) is 6.24. The Morgan fingerprint density at radius 1 is 1.11 bits per heavy atom. The first kappa shape index (κ1) is 13.1. The van der Waals surface area contributed by atoms with Crippen LogP contribution in [0.25, 0.3) is 0 Å². The molecule has 0 heterocycles. The number of rotatable bonds is 5. The topological polar surface area (TPSA) is 46.4 Å². The highest BCUT2D eigenvalue weighted by atomic mass is 16.6. The van der Waals surface area contributed by atoms with Gasteiger partial charge in [-0.3, -0.25) is 10.1 Å². The van der Waals surface area contributed by atoms with Crippen molar-refractivity contribution in [3.63, 3.8) is 0 Å². The number of non-ortho nitro benzene ring substituents is 1. The molecular weight excluding hydrogens is 240 g/mol. The van der Waals surface area contributed by atoms with Crippen molar-refractivity contribution in [1.29, 1.82) is 0 Å². The lowest BCUT2D eigenvalue weighted by atomic mass is 10.2. The lowest BCUT2D eigenvalue weighted by molar-refractivity contribution is -0.384. The van der Waals surface area contributed by atoms with Crippen LogP contribution in [0.5, 0.6) is 0 Å². The lowest BCUT2D eigenvalue weighted by Crippen LogP contribution is -2.21. The van der Waals surface area contributed by atoms with Crippen molar-refractivity contribution in [2.24, 2.45) is 0 Å². The van der Waals surface area contributed by atoms with Crippen LogP contribution in [-0.4, -0.2) is 11.5 Å². The Bertz CT molecular complexity index is 555. The van der Waals surface area contributed by atoms with Crippen LogP contribution in [0, 0.1) is 10.1 Å². The molecule has 0 aliphatic rings. The zero-order chi connectivity index (χ0) is 13.7. The average Bonchev–Trinajstić information content (AvgIpc) is 2.46. The first-order chi connectivity index (χ1) is 9.20. The maximum atomic E-state index is 10.8. The minimum absolute atomic E-state index is 0.129. The molecule has 98 valence electrons. The third-order valence-electron chi connectivity index (χ3n) is 3.00. The molecular formula is C15H16N2O2. The standard InChI is InChI=1S/C15H16N2O2/c1-2-16(12-13-7-4-3-5-8-13)14-9-6-10-15(11-14)17(18)19/h3-11H,2,12H2,1H3. The van der Waals surface area contributed by atoms with Crippen LogP contribution in [-0.2, 0) is 6.54 Å². The fourth-order valence-corrected chi connectivity index (χ4v) is 1.99. The third-order valence-corrected chi connectivity index (χ3v) is 3.00. The van der Waals surface area contributed by atoms with E-state index >= 15 is 0 Å². The Hall–Kier alpha value is -2.36. The van der Waals surface area contributed by atoms with Gasteiger partial charge in [0.1, 0.15) is 0 Å². The molecule has 0 radical (unpaired) electrons. The van der Waals surface area contributed by atoms with E-state index in [0.29, 0.717) is 0 Å². The van der Waals surface area contributed by atoms with Crippen LogP contribution in [0.1, 0.15) is 12.5 Å². The summed E-state index contributed by atoms with van der Waals surface area (Å²) >= 11 is 0. The summed E-state index contributed by atoms with van der Waals surface area (Å²) in [7, 11) is 0. The van der Waals surface area contributed by atoms with Gasteiger partial charge in [0.25, 0.3) is 5.69 Å². The molecule has 2 aromatic rings. The zero-order valence-corrected chi connectivity index (χ0v) is 10.8. The summed E-state index contributed by atoms with van der Waals surface area (Å²) in [4.78, 5) is 12.6. The van der Waals surface area contributed by atoms with Gasteiger partial charge in [-0.2, -0.15) is 0 Å². The Labute approximate surface area is 112 Å². The first-order valence-corrected chi connectivity index (χ1v) is 6.24. The van der Waals surface area contributed by atoms with Crippen molar-refractivity contribution in [3.8, 4) is 0 Å². The highest BCUT2D eigenvalue weighted by Gasteiger charge is 2.10. The Balaban J connectivity index is 2.22. The molecule has 2 rings (SSSR count). The molecule has 0 spiro atoms. The van der Waals surface area contributed by atoms with E-state index in [1.54, 1.807) is 12.1 Å². The zero-order valence-electron chi connectivity index (χ0n) is 10.8. The van der Waals surface area contributed by atoms with E-state index in [-0.39, 0.29) is 10.6 Å². The maximum Gasteiger partial charge on any atom is 0.271 e. The summed E-state index contributed by atoms with van der Waals surface area (Å²) < 4.78 is 0. The minimum atomic E-state index is -0.361. The third kappa shape index (κ3) is 3.31. The second-order valence-electron chi connectivity index (χ2n) is 4.28. The number of nitro benzene ring substituents is 1. The van der Waals surface area contributed by atoms with Gasteiger partial charge in [0, 0.05) is 30.9 Å².